The van der Waals surface area contributed by atoms with Crippen molar-refractivity contribution in [1.82, 2.24) is 20.2 Å². The Balaban J connectivity index is 1.14. The third-order valence-electron chi connectivity index (χ3n) is 12.9. The molecule has 2 aliphatic rings. The van der Waals surface area contributed by atoms with Crippen LogP contribution in [0.15, 0.2) is 138 Å². The molecule has 7 aromatic rings. The summed E-state index contributed by atoms with van der Waals surface area (Å²) in [6, 6.07) is 33.0. The third kappa shape index (κ3) is 10.8. The van der Waals surface area contributed by atoms with Gasteiger partial charge in [0.1, 0.15) is 41.3 Å². The van der Waals surface area contributed by atoms with Crippen LogP contribution in [0, 0.1) is 12.7 Å². The Morgan fingerprint density at radius 2 is 1.20 bits per heavy atom. The number of hydrogen-bond acceptors (Lipinski definition) is 12. The second kappa shape index (κ2) is 21.8. The number of pyridine rings is 2. The molecular formula is C56H51Cl2F4N7O5. The summed E-state index contributed by atoms with van der Waals surface area (Å²) in [5.74, 6) is 1.47. The fraction of sp³-hybridized carbons (Fsp3) is 0.232. The van der Waals surface area contributed by atoms with Crippen LogP contribution < -0.4 is 49.4 Å². The standard InChI is InChI=1S/C56H51Cl2F4N7O5/c1-33-23-46(68(29-37-11-19-43(72-5)20-12-37)30-38-13-21-44(73-6)22-14-38)66-52(49(33)56(60,61)62)47-50(58)53-48-54(51(47)59)74-45(57)31-69(55(48)65-32-64-53)34(2)39-24-40(26-63-25-39)67(27-35-7-15-41(70-3)16-8-35)28-36-9-17-42(71-4)18-10-36/h7-26,31,34,65H,27-30,32H2,1-6H3. The van der Waals surface area contributed by atoms with Gasteiger partial charge in [-0.05, 0) is 119 Å². The van der Waals surface area contributed by atoms with E-state index in [-0.39, 0.29) is 46.9 Å². The van der Waals surface area contributed by atoms with Crippen LogP contribution in [0.1, 0.15) is 51.9 Å². The molecule has 382 valence electrons. The normalized spacial score (nSPS) is 13.3. The minimum Gasteiger partial charge on any atom is -0.497 e. The largest absolute Gasteiger partial charge is 0.497 e. The molecule has 2 aromatic heterocycles. The van der Waals surface area contributed by atoms with Crippen LogP contribution in [0.25, 0.3) is 17.1 Å². The zero-order valence-corrected chi connectivity index (χ0v) is 42.7. The van der Waals surface area contributed by atoms with Crippen LogP contribution in [-0.2, 0) is 32.4 Å². The number of alkyl halides is 3. The highest BCUT2D eigenvalue weighted by atomic mass is 35.5. The van der Waals surface area contributed by atoms with Gasteiger partial charge in [0.2, 0.25) is 5.22 Å². The fourth-order valence-corrected chi connectivity index (χ4v) is 9.57. The number of aromatic nitrogens is 2. The van der Waals surface area contributed by atoms with Gasteiger partial charge in [0.25, 0.3) is 0 Å². The zero-order chi connectivity index (χ0) is 52.3. The highest BCUT2D eigenvalue weighted by Crippen LogP contribution is 2.44. The van der Waals surface area contributed by atoms with E-state index in [1.807, 2.05) is 85.8 Å². The van der Waals surface area contributed by atoms with Crippen molar-refractivity contribution in [1.29, 1.82) is 0 Å². The highest BCUT2D eigenvalue weighted by molar-refractivity contribution is 6.33. The Labute approximate surface area is 435 Å². The minimum absolute atomic E-state index is 0.00730. The molecule has 0 spiro atoms. The number of methoxy groups -OCH3 is 4. The molecule has 0 bridgehead atoms. The molecule has 1 N–H and O–H groups in total. The number of ether oxygens (including phenoxy) is 5. The lowest BCUT2D eigenvalue weighted by Gasteiger charge is -2.32. The first-order chi connectivity index (χ1) is 35.7. The van der Waals surface area contributed by atoms with E-state index in [0.29, 0.717) is 30.4 Å². The van der Waals surface area contributed by atoms with E-state index in [1.54, 1.807) is 74.9 Å². The van der Waals surface area contributed by atoms with Crippen molar-refractivity contribution in [2.75, 3.05) is 44.9 Å². The average Bonchev–Trinajstić information content (AvgIpc) is 3.56. The summed E-state index contributed by atoms with van der Waals surface area (Å²) in [5.41, 5.74) is 2.45. The summed E-state index contributed by atoms with van der Waals surface area (Å²) < 4.78 is 91.7. The maximum atomic E-state index is 17.8. The van der Waals surface area contributed by atoms with Gasteiger partial charge in [-0.15, -0.1) is 0 Å². The molecule has 0 aliphatic carbocycles. The van der Waals surface area contributed by atoms with E-state index in [4.69, 9.17) is 46.9 Å². The van der Waals surface area contributed by atoms with Crippen LogP contribution in [0.4, 0.5) is 29.1 Å². The molecule has 5 aromatic carbocycles. The van der Waals surface area contributed by atoms with E-state index in [0.717, 1.165) is 45.0 Å². The number of rotatable bonds is 17. The van der Waals surface area contributed by atoms with E-state index < -0.39 is 45.6 Å². The maximum absolute atomic E-state index is 17.8. The Bertz CT molecular complexity index is 3230. The molecule has 0 saturated heterocycles. The molecule has 12 nitrogen and oxygen atoms in total. The van der Waals surface area contributed by atoms with Gasteiger partial charge in [-0.1, -0.05) is 60.1 Å². The number of aryl methyl sites for hydroxylation is 1. The van der Waals surface area contributed by atoms with Crippen molar-refractivity contribution >= 4 is 40.5 Å². The van der Waals surface area contributed by atoms with Gasteiger partial charge in [0.15, 0.2) is 11.6 Å². The van der Waals surface area contributed by atoms with E-state index in [2.05, 4.69) is 25.2 Å². The van der Waals surface area contributed by atoms with Gasteiger partial charge >= 0.3 is 6.18 Å². The Kier molecular flexibility index (Phi) is 15.1. The first-order valence-electron chi connectivity index (χ1n) is 23.4. The van der Waals surface area contributed by atoms with Crippen LogP contribution in [0.2, 0.25) is 5.02 Å². The van der Waals surface area contributed by atoms with Gasteiger partial charge < -0.3 is 43.7 Å². The molecule has 1 atom stereocenters. The molecule has 2 aliphatic heterocycles. The van der Waals surface area contributed by atoms with Crippen molar-refractivity contribution in [2.45, 2.75) is 52.2 Å². The Morgan fingerprint density at radius 1 is 0.716 bits per heavy atom. The van der Waals surface area contributed by atoms with Crippen molar-refractivity contribution < 1.29 is 41.2 Å². The summed E-state index contributed by atoms with van der Waals surface area (Å²) in [6.45, 7) is 4.60. The Hall–Kier alpha value is -7.69. The molecule has 9 rings (SSSR count). The van der Waals surface area contributed by atoms with Gasteiger partial charge in [0.05, 0.1) is 85.0 Å². The lowest BCUT2D eigenvalue weighted by Crippen LogP contribution is -2.45. The lowest BCUT2D eigenvalue weighted by atomic mass is 9.98. The number of nitrogens with one attached hydrogen (secondary N) is 1. The highest BCUT2D eigenvalue weighted by Gasteiger charge is 2.40. The predicted molar refractivity (Wildman–Crippen MR) is 277 cm³/mol. The molecule has 74 heavy (non-hydrogen) atoms. The van der Waals surface area contributed by atoms with Gasteiger partial charge in [-0.3, -0.25) is 9.98 Å². The van der Waals surface area contributed by atoms with Crippen LogP contribution in [0.5, 0.6) is 28.7 Å². The molecule has 0 saturated carbocycles. The van der Waals surface area contributed by atoms with Crippen molar-refractivity contribution in [3.8, 4) is 40.0 Å². The number of anilines is 2. The van der Waals surface area contributed by atoms with Crippen LogP contribution in [-0.4, -0.2) is 50.0 Å². The summed E-state index contributed by atoms with van der Waals surface area (Å²) in [5, 5.41) is 2.63. The van der Waals surface area contributed by atoms with Gasteiger partial charge in [0, 0.05) is 32.4 Å². The summed E-state index contributed by atoms with van der Waals surface area (Å²) in [6.07, 6.45) is -0.0111. The molecule has 0 fully saturated rings. The minimum atomic E-state index is -5.00. The predicted octanol–water partition coefficient (Wildman–Crippen LogP) is 11.5. The quantitative estimate of drug-likeness (QED) is 0.0882. The number of halogens is 6. The number of hydrogen-bond donors (Lipinski definition) is 1. The van der Waals surface area contributed by atoms with Gasteiger partial charge in [-0.25, -0.2) is 9.37 Å². The average molecular weight is 1050 g/mol. The fourth-order valence-electron chi connectivity index (χ4n) is 9.06. The van der Waals surface area contributed by atoms with E-state index >= 15 is 17.6 Å². The SMILES string of the molecule is COc1ccc(CN(Cc2ccc(OC)cc2)c2cncc(C(C)N3C=C(Cl)Oc4c(F)c(-c5nc(N(Cc6ccc(OC)cc6)Cc6ccc(OC)cc6)cc(C)c5C(F)(F)F)c(Cl)c5c4=C3NCN=5)c2)cc1. The molecular weight excluding hydrogens is 998 g/mol. The first kappa shape index (κ1) is 51.2. The first-order valence-corrected chi connectivity index (χ1v) is 24.1. The number of benzene rings is 5. The Morgan fingerprint density at radius 3 is 1.68 bits per heavy atom. The summed E-state index contributed by atoms with van der Waals surface area (Å²) in [7, 11) is 6.35. The summed E-state index contributed by atoms with van der Waals surface area (Å²) in [4.78, 5) is 19.7. The maximum Gasteiger partial charge on any atom is 0.418 e. The summed E-state index contributed by atoms with van der Waals surface area (Å²) >= 11 is 14.0. The second-order valence-corrected chi connectivity index (χ2v) is 18.4. The van der Waals surface area contributed by atoms with Gasteiger partial charge in [-0.2, -0.15) is 13.2 Å². The van der Waals surface area contributed by atoms with Crippen molar-refractivity contribution in [3.05, 3.63) is 193 Å². The molecule has 18 heteroatoms. The van der Waals surface area contributed by atoms with Crippen molar-refractivity contribution in [3.63, 3.8) is 0 Å². The van der Waals surface area contributed by atoms with E-state index in [1.165, 1.54) is 19.2 Å². The molecule has 1 unspecified atom stereocenters. The van der Waals surface area contributed by atoms with Crippen LogP contribution in [0.3, 0.4) is 0 Å². The monoisotopic (exact) mass is 1050 g/mol. The second-order valence-electron chi connectivity index (χ2n) is 17.6. The molecule has 0 radical (unpaired) electrons. The number of nitrogens with zero attached hydrogens (tertiary/aromatic N) is 6. The third-order valence-corrected chi connectivity index (χ3v) is 13.5. The zero-order valence-electron chi connectivity index (χ0n) is 41.2. The van der Waals surface area contributed by atoms with Crippen molar-refractivity contribution in [2.24, 2.45) is 4.99 Å². The van der Waals surface area contributed by atoms with Crippen LogP contribution >= 0.6 is 23.2 Å². The smallest absolute Gasteiger partial charge is 0.418 e. The lowest BCUT2D eigenvalue weighted by molar-refractivity contribution is -0.137. The topological polar surface area (TPSA) is 106 Å². The van der Waals surface area contributed by atoms with E-state index in [9.17, 15) is 0 Å². The molecule has 4 heterocycles. The molecule has 0 amide bonds.